The number of rotatable bonds is 3. The maximum absolute atomic E-state index is 12.5. The second-order valence-electron chi connectivity index (χ2n) is 5.60. The number of hydrogen-bond donors (Lipinski definition) is 0. The summed E-state index contributed by atoms with van der Waals surface area (Å²) in [5, 5.41) is 1.09. The summed E-state index contributed by atoms with van der Waals surface area (Å²) in [5.74, 6) is 0.419. The molecule has 0 fully saturated rings. The van der Waals surface area contributed by atoms with Gasteiger partial charge in [-0.2, -0.15) is 13.2 Å². The number of alkyl halides is 3. The standard InChI is InChI=1S/C18H16F3NO/c1-12-3-8-16-13(10-22(2)17(16)9-12)11-23-15-6-4-14(5-7-15)18(19,20)21/h3-10H,11H2,1-2H3. The Labute approximate surface area is 132 Å². The van der Waals surface area contributed by atoms with Crippen molar-refractivity contribution < 1.29 is 17.9 Å². The molecule has 0 radical (unpaired) electrons. The van der Waals surface area contributed by atoms with E-state index in [0.29, 0.717) is 12.4 Å². The van der Waals surface area contributed by atoms with E-state index >= 15 is 0 Å². The van der Waals surface area contributed by atoms with E-state index in [-0.39, 0.29) is 0 Å². The molecule has 3 aromatic rings. The topological polar surface area (TPSA) is 14.2 Å². The average molecular weight is 319 g/mol. The normalized spacial score (nSPS) is 11.9. The van der Waals surface area contributed by atoms with Crippen LogP contribution in [0.25, 0.3) is 10.9 Å². The summed E-state index contributed by atoms with van der Waals surface area (Å²) in [7, 11) is 1.96. The van der Waals surface area contributed by atoms with Gasteiger partial charge in [0.25, 0.3) is 0 Å². The maximum atomic E-state index is 12.5. The van der Waals surface area contributed by atoms with Crippen molar-refractivity contribution in [2.24, 2.45) is 7.05 Å². The summed E-state index contributed by atoms with van der Waals surface area (Å²) in [6.45, 7) is 2.34. The summed E-state index contributed by atoms with van der Waals surface area (Å²) in [5.41, 5.74) is 2.61. The Morgan fingerprint density at radius 2 is 1.74 bits per heavy atom. The fourth-order valence-corrected chi connectivity index (χ4v) is 2.59. The second kappa shape index (κ2) is 5.65. The molecule has 0 N–H and O–H groups in total. The third-order valence-electron chi connectivity index (χ3n) is 3.80. The molecule has 0 amide bonds. The van der Waals surface area contributed by atoms with Crippen molar-refractivity contribution in [3.8, 4) is 5.75 Å². The summed E-state index contributed by atoms with van der Waals surface area (Å²) in [6, 6.07) is 10.9. The zero-order valence-corrected chi connectivity index (χ0v) is 12.8. The first-order chi connectivity index (χ1) is 10.8. The van der Waals surface area contributed by atoms with E-state index < -0.39 is 11.7 Å². The van der Waals surface area contributed by atoms with E-state index in [9.17, 15) is 13.2 Å². The number of ether oxygens (including phenoxy) is 1. The lowest BCUT2D eigenvalue weighted by Crippen LogP contribution is -2.04. The first kappa shape index (κ1) is 15.5. The lowest BCUT2D eigenvalue weighted by atomic mass is 10.1. The van der Waals surface area contributed by atoms with Crippen molar-refractivity contribution in [1.29, 1.82) is 0 Å². The molecule has 120 valence electrons. The predicted octanol–water partition coefficient (Wildman–Crippen LogP) is 5.08. The molecule has 0 unspecified atom stereocenters. The summed E-state index contributed by atoms with van der Waals surface area (Å²) >= 11 is 0. The van der Waals surface area contributed by atoms with Gasteiger partial charge in [-0.15, -0.1) is 0 Å². The van der Waals surface area contributed by atoms with Crippen molar-refractivity contribution in [3.63, 3.8) is 0 Å². The van der Waals surface area contributed by atoms with Crippen molar-refractivity contribution in [1.82, 2.24) is 4.57 Å². The van der Waals surface area contributed by atoms with Gasteiger partial charge in [-0.3, -0.25) is 0 Å². The summed E-state index contributed by atoms with van der Waals surface area (Å²) in [4.78, 5) is 0. The van der Waals surface area contributed by atoms with Gasteiger partial charge in [-0.05, 0) is 42.8 Å². The van der Waals surface area contributed by atoms with Gasteiger partial charge in [0.15, 0.2) is 0 Å². The number of aromatic nitrogens is 1. The fraction of sp³-hybridized carbons (Fsp3) is 0.222. The van der Waals surface area contributed by atoms with Crippen LogP contribution in [0.4, 0.5) is 13.2 Å². The van der Waals surface area contributed by atoms with Crippen LogP contribution in [0, 0.1) is 6.92 Å². The maximum Gasteiger partial charge on any atom is 0.416 e. The molecule has 0 spiro atoms. The molecule has 0 saturated heterocycles. The van der Waals surface area contributed by atoms with Gasteiger partial charge in [0.1, 0.15) is 12.4 Å². The lowest BCUT2D eigenvalue weighted by Gasteiger charge is -2.09. The molecule has 2 aromatic carbocycles. The predicted molar refractivity (Wildman–Crippen MR) is 83.4 cm³/mol. The zero-order chi connectivity index (χ0) is 16.6. The van der Waals surface area contributed by atoms with Crippen LogP contribution in [0.15, 0.2) is 48.7 Å². The molecule has 3 rings (SSSR count). The number of fused-ring (bicyclic) bond motifs is 1. The van der Waals surface area contributed by atoms with Crippen molar-refractivity contribution >= 4 is 10.9 Å². The van der Waals surface area contributed by atoms with E-state index in [0.717, 1.165) is 28.6 Å². The van der Waals surface area contributed by atoms with Gasteiger partial charge in [0.2, 0.25) is 0 Å². The molecular formula is C18H16F3NO. The van der Waals surface area contributed by atoms with E-state index in [4.69, 9.17) is 4.74 Å². The van der Waals surface area contributed by atoms with Gasteiger partial charge in [0.05, 0.1) is 5.56 Å². The molecule has 5 heteroatoms. The number of hydrogen-bond acceptors (Lipinski definition) is 1. The van der Waals surface area contributed by atoms with E-state index in [1.165, 1.54) is 17.7 Å². The molecule has 0 saturated carbocycles. The molecule has 0 atom stereocenters. The Morgan fingerprint density at radius 3 is 2.39 bits per heavy atom. The minimum Gasteiger partial charge on any atom is -0.489 e. The number of aryl methyl sites for hydroxylation is 2. The molecule has 0 aliphatic carbocycles. The minimum atomic E-state index is -4.33. The third-order valence-corrected chi connectivity index (χ3v) is 3.80. The van der Waals surface area contributed by atoms with Crippen molar-refractivity contribution in [2.45, 2.75) is 19.7 Å². The number of nitrogens with zero attached hydrogens (tertiary/aromatic N) is 1. The molecule has 0 bridgehead atoms. The quantitative estimate of drug-likeness (QED) is 0.656. The van der Waals surface area contributed by atoms with Crippen LogP contribution in [0.3, 0.4) is 0 Å². The molecule has 2 nitrogen and oxygen atoms in total. The molecular weight excluding hydrogens is 303 g/mol. The lowest BCUT2D eigenvalue weighted by molar-refractivity contribution is -0.137. The largest absolute Gasteiger partial charge is 0.489 e. The van der Waals surface area contributed by atoms with Crippen LogP contribution >= 0.6 is 0 Å². The number of halogens is 3. The average Bonchev–Trinajstić information content (AvgIpc) is 2.81. The summed E-state index contributed by atoms with van der Waals surface area (Å²) in [6.07, 6.45) is -2.35. The van der Waals surface area contributed by atoms with Gasteiger partial charge in [0, 0.05) is 29.7 Å². The SMILES string of the molecule is Cc1ccc2c(COc3ccc(C(F)(F)F)cc3)cn(C)c2c1. The molecule has 1 heterocycles. The monoisotopic (exact) mass is 319 g/mol. The third kappa shape index (κ3) is 3.18. The molecule has 23 heavy (non-hydrogen) atoms. The van der Waals surface area contributed by atoms with Crippen molar-refractivity contribution in [3.05, 3.63) is 65.4 Å². The van der Waals surface area contributed by atoms with E-state index in [1.807, 2.05) is 36.9 Å². The second-order valence-corrected chi connectivity index (χ2v) is 5.60. The first-order valence-electron chi connectivity index (χ1n) is 7.19. The zero-order valence-electron chi connectivity index (χ0n) is 12.8. The Bertz CT molecular complexity index is 832. The fourth-order valence-electron chi connectivity index (χ4n) is 2.59. The van der Waals surface area contributed by atoms with Crippen LogP contribution in [-0.2, 0) is 19.8 Å². The Kier molecular flexibility index (Phi) is 3.80. The van der Waals surface area contributed by atoms with Gasteiger partial charge in [-0.1, -0.05) is 12.1 Å². The van der Waals surface area contributed by atoms with Crippen LogP contribution in [0.2, 0.25) is 0 Å². The summed E-state index contributed by atoms with van der Waals surface area (Å²) < 4.78 is 45.3. The van der Waals surface area contributed by atoms with Crippen LogP contribution < -0.4 is 4.74 Å². The van der Waals surface area contributed by atoms with Gasteiger partial charge < -0.3 is 9.30 Å². The Balaban J connectivity index is 1.78. The van der Waals surface area contributed by atoms with Crippen LogP contribution in [0.5, 0.6) is 5.75 Å². The minimum absolute atomic E-state index is 0.311. The highest BCUT2D eigenvalue weighted by Crippen LogP contribution is 2.30. The highest BCUT2D eigenvalue weighted by molar-refractivity contribution is 5.84. The van der Waals surface area contributed by atoms with E-state index in [2.05, 4.69) is 6.07 Å². The van der Waals surface area contributed by atoms with Crippen molar-refractivity contribution in [2.75, 3.05) is 0 Å². The highest BCUT2D eigenvalue weighted by Gasteiger charge is 2.30. The molecule has 1 aromatic heterocycles. The number of benzene rings is 2. The van der Waals surface area contributed by atoms with Crippen LogP contribution in [0.1, 0.15) is 16.7 Å². The van der Waals surface area contributed by atoms with E-state index in [1.54, 1.807) is 0 Å². The first-order valence-corrected chi connectivity index (χ1v) is 7.19. The smallest absolute Gasteiger partial charge is 0.416 e. The van der Waals surface area contributed by atoms with Gasteiger partial charge in [-0.25, -0.2) is 0 Å². The molecule has 0 aliphatic rings. The Morgan fingerprint density at radius 1 is 1.04 bits per heavy atom. The van der Waals surface area contributed by atoms with Crippen LogP contribution in [-0.4, -0.2) is 4.57 Å². The Hall–Kier alpha value is -2.43. The molecule has 0 aliphatic heterocycles. The highest BCUT2D eigenvalue weighted by atomic mass is 19.4. The van der Waals surface area contributed by atoms with Gasteiger partial charge >= 0.3 is 6.18 Å².